The van der Waals surface area contributed by atoms with Crippen LogP contribution >= 0.6 is 27.5 Å². The Balaban J connectivity index is 2.11. The van der Waals surface area contributed by atoms with E-state index in [0.29, 0.717) is 20.7 Å². The van der Waals surface area contributed by atoms with Gasteiger partial charge in [0.2, 0.25) is 0 Å². The highest BCUT2D eigenvalue weighted by Gasteiger charge is 2.10. The monoisotopic (exact) mass is 357 g/mol. The molecule has 0 radical (unpaired) electrons. The van der Waals surface area contributed by atoms with Crippen molar-refractivity contribution in [2.45, 2.75) is 6.54 Å². The first kappa shape index (κ1) is 14.5. The largest absolute Gasteiger partial charge is 0.480 e. The Morgan fingerprint density at radius 3 is 2.80 bits per heavy atom. The predicted octanol–water partition coefficient (Wildman–Crippen LogP) is 2.64. The number of hydrogen-bond acceptors (Lipinski definition) is 3. The summed E-state index contributed by atoms with van der Waals surface area (Å²) in [6.07, 6.45) is 2.81. The molecule has 0 bridgehead atoms. The van der Waals surface area contributed by atoms with E-state index in [1.54, 1.807) is 12.1 Å². The Bertz CT molecular complexity index is 651. The number of carboxylic acid groups (broad SMARTS) is 1. The number of carbonyl (C=O) groups excluding carboxylic acids is 1. The van der Waals surface area contributed by atoms with Gasteiger partial charge in [-0.2, -0.15) is 5.10 Å². The minimum absolute atomic E-state index is 0.265. The number of aliphatic carboxylic acids is 1. The van der Waals surface area contributed by atoms with Crippen molar-refractivity contribution in [2.75, 3.05) is 5.32 Å². The Hall–Kier alpha value is -1.86. The molecule has 0 aliphatic carbocycles. The van der Waals surface area contributed by atoms with Gasteiger partial charge in [-0.05, 0) is 18.2 Å². The van der Waals surface area contributed by atoms with E-state index in [-0.39, 0.29) is 12.5 Å². The van der Waals surface area contributed by atoms with Crippen LogP contribution in [0.4, 0.5) is 5.69 Å². The van der Waals surface area contributed by atoms with E-state index in [9.17, 15) is 9.59 Å². The maximum Gasteiger partial charge on any atom is 0.325 e. The molecular formula is C12H9BrClN3O3. The summed E-state index contributed by atoms with van der Waals surface area (Å²) < 4.78 is 1.91. The van der Waals surface area contributed by atoms with Crippen LogP contribution in [0.1, 0.15) is 10.4 Å². The van der Waals surface area contributed by atoms with Crippen molar-refractivity contribution >= 4 is 45.1 Å². The second-order valence-corrected chi connectivity index (χ2v) is 5.28. The van der Waals surface area contributed by atoms with Gasteiger partial charge in [-0.15, -0.1) is 0 Å². The average Bonchev–Trinajstić information content (AvgIpc) is 2.74. The van der Waals surface area contributed by atoms with E-state index >= 15 is 0 Å². The zero-order valence-corrected chi connectivity index (χ0v) is 12.3. The summed E-state index contributed by atoms with van der Waals surface area (Å²) in [4.78, 5) is 22.5. The van der Waals surface area contributed by atoms with E-state index in [0.717, 1.165) is 0 Å². The maximum absolute atomic E-state index is 12.0. The number of rotatable bonds is 4. The molecule has 1 aromatic heterocycles. The molecule has 0 fully saturated rings. The summed E-state index contributed by atoms with van der Waals surface area (Å²) in [6, 6.07) is 4.83. The van der Waals surface area contributed by atoms with E-state index in [4.69, 9.17) is 16.7 Å². The van der Waals surface area contributed by atoms with Crippen LogP contribution in [0.15, 0.2) is 35.1 Å². The van der Waals surface area contributed by atoms with Gasteiger partial charge < -0.3 is 10.4 Å². The van der Waals surface area contributed by atoms with Crippen LogP contribution in [0.3, 0.4) is 0 Å². The molecule has 2 rings (SSSR count). The molecular weight excluding hydrogens is 350 g/mol. The van der Waals surface area contributed by atoms with Crippen molar-refractivity contribution in [1.29, 1.82) is 0 Å². The molecule has 2 aromatic rings. The molecule has 0 saturated heterocycles. The Morgan fingerprint density at radius 2 is 2.15 bits per heavy atom. The van der Waals surface area contributed by atoms with E-state index in [1.807, 2.05) is 0 Å². The molecule has 0 unspecified atom stereocenters. The molecule has 0 atom stereocenters. The quantitative estimate of drug-likeness (QED) is 0.880. The number of halogens is 2. The highest BCUT2D eigenvalue weighted by atomic mass is 79.9. The summed E-state index contributed by atoms with van der Waals surface area (Å²) >= 11 is 9.12. The summed E-state index contributed by atoms with van der Waals surface area (Å²) in [5.74, 6) is -1.37. The molecule has 104 valence electrons. The number of hydrogen-bond donors (Lipinski definition) is 2. The average molecular weight is 359 g/mol. The Labute approximate surface area is 127 Å². The zero-order valence-electron chi connectivity index (χ0n) is 10.0. The molecule has 0 spiro atoms. The molecule has 6 nitrogen and oxygen atoms in total. The van der Waals surface area contributed by atoms with Crippen molar-refractivity contribution in [3.63, 3.8) is 0 Å². The number of nitrogens with zero attached hydrogens (tertiary/aromatic N) is 2. The highest BCUT2D eigenvalue weighted by Crippen LogP contribution is 2.20. The molecule has 0 saturated carbocycles. The molecule has 20 heavy (non-hydrogen) atoms. The number of anilines is 1. The van der Waals surface area contributed by atoms with Gasteiger partial charge >= 0.3 is 5.97 Å². The standard InChI is InChI=1S/C12H9BrClN3O3/c13-8-1-7(2-9(14)3-8)12(20)16-10-4-15-17(5-10)6-11(18)19/h1-5H,6H2,(H,16,20)(H,18,19). The van der Waals surface area contributed by atoms with Crippen LogP contribution in [-0.4, -0.2) is 26.8 Å². The van der Waals surface area contributed by atoms with Crippen LogP contribution in [0, 0.1) is 0 Å². The van der Waals surface area contributed by atoms with Crippen LogP contribution < -0.4 is 5.32 Å². The second kappa shape index (κ2) is 6.06. The van der Waals surface area contributed by atoms with Gasteiger partial charge in [0.15, 0.2) is 0 Å². The van der Waals surface area contributed by atoms with Gasteiger partial charge in [-0.25, -0.2) is 0 Å². The van der Waals surface area contributed by atoms with Crippen molar-refractivity contribution in [3.8, 4) is 0 Å². The first-order chi connectivity index (χ1) is 9.44. The van der Waals surface area contributed by atoms with Crippen LogP contribution in [-0.2, 0) is 11.3 Å². The zero-order chi connectivity index (χ0) is 14.7. The van der Waals surface area contributed by atoms with E-state index in [2.05, 4.69) is 26.3 Å². The summed E-state index contributed by atoms with van der Waals surface area (Å²) in [5, 5.41) is 15.5. The number of aromatic nitrogens is 2. The van der Waals surface area contributed by atoms with E-state index in [1.165, 1.54) is 23.1 Å². The van der Waals surface area contributed by atoms with Gasteiger partial charge in [0.25, 0.3) is 5.91 Å². The van der Waals surface area contributed by atoms with Gasteiger partial charge in [0, 0.05) is 21.3 Å². The fourth-order valence-corrected chi connectivity index (χ4v) is 2.40. The van der Waals surface area contributed by atoms with Crippen molar-refractivity contribution in [1.82, 2.24) is 9.78 Å². The maximum atomic E-state index is 12.0. The third-order valence-electron chi connectivity index (χ3n) is 2.31. The van der Waals surface area contributed by atoms with Crippen LogP contribution in [0.2, 0.25) is 5.02 Å². The van der Waals surface area contributed by atoms with Crippen molar-refractivity contribution in [2.24, 2.45) is 0 Å². The number of carboxylic acids is 1. The van der Waals surface area contributed by atoms with Crippen LogP contribution in [0.5, 0.6) is 0 Å². The minimum Gasteiger partial charge on any atom is -0.480 e. The molecule has 8 heteroatoms. The first-order valence-corrected chi connectivity index (χ1v) is 6.63. The lowest BCUT2D eigenvalue weighted by Crippen LogP contribution is -2.12. The lowest BCUT2D eigenvalue weighted by molar-refractivity contribution is -0.137. The second-order valence-electron chi connectivity index (χ2n) is 3.93. The number of benzene rings is 1. The molecule has 0 aliphatic heterocycles. The minimum atomic E-state index is -1.01. The SMILES string of the molecule is O=C(O)Cn1cc(NC(=O)c2cc(Cl)cc(Br)c2)cn1. The number of nitrogens with one attached hydrogen (secondary N) is 1. The highest BCUT2D eigenvalue weighted by molar-refractivity contribution is 9.10. The lowest BCUT2D eigenvalue weighted by atomic mass is 10.2. The van der Waals surface area contributed by atoms with Gasteiger partial charge in [0.1, 0.15) is 6.54 Å². The van der Waals surface area contributed by atoms with Gasteiger partial charge in [0.05, 0.1) is 11.9 Å². The number of carbonyl (C=O) groups is 2. The third-order valence-corrected chi connectivity index (χ3v) is 2.99. The summed E-state index contributed by atoms with van der Waals surface area (Å²) in [7, 11) is 0. The molecule has 1 heterocycles. The Kier molecular flexibility index (Phi) is 4.41. The first-order valence-electron chi connectivity index (χ1n) is 5.46. The third kappa shape index (κ3) is 3.82. The Morgan fingerprint density at radius 1 is 1.40 bits per heavy atom. The van der Waals surface area contributed by atoms with E-state index < -0.39 is 5.97 Å². The topological polar surface area (TPSA) is 84.2 Å². The molecule has 1 amide bonds. The fraction of sp³-hybridized carbons (Fsp3) is 0.0833. The van der Waals surface area contributed by atoms with Gasteiger partial charge in [-0.1, -0.05) is 27.5 Å². The van der Waals surface area contributed by atoms with Gasteiger partial charge in [-0.3, -0.25) is 14.3 Å². The molecule has 1 aromatic carbocycles. The summed E-state index contributed by atoms with van der Waals surface area (Å²) in [5.41, 5.74) is 0.794. The fourth-order valence-electron chi connectivity index (χ4n) is 1.54. The number of amides is 1. The lowest BCUT2D eigenvalue weighted by Gasteiger charge is -2.03. The predicted molar refractivity (Wildman–Crippen MR) is 77.0 cm³/mol. The van der Waals surface area contributed by atoms with Crippen LogP contribution in [0.25, 0.3) is 0 Å². The summed E-state index contributed by atoms with van der Waals surface area (Å²) in [6.45, 7) is -0.265. The molecule has 0 aliphatic rings. The molecule has 2 N–H and O–H groups in total. The normalized spacial score (nSPS) is 10.3. The van der Waals surface area contributed by atoms with Crippen molar-refractivity contribution in [3.05, 3.63) is 45.7 Å². The smallest absolute Gasteiger partial charge is 0.325 e. The van der Waals surface area contributed by atoms with Crippen molar-refractivity contribution < 1.29 is 14.7 Å².